The van der Waals surface area contributed by atoms with E-state index in [0.29, 0.717) is 18.8 Å². The normalized spacial score (nSPS) is 33.1. The Kier molecular flexibility index (Phi) is 8.17. The van der Waals surface area contributed by atoms with E-state index < -0.39 is 53.6 Å². The topological polar surface area (TPSA) is 150 Å². The predicted molar refractivity (Wildman–Crippen MR) is 122 cm³/mol. The van der Waals surface area contributed by atoms with Crippen LogP contribution in [0.25, 0.3) is 0 Å². The summed E-state index contributed by atoms with van der Waals surface area (Å²) in [5.74, 6) is -2.41. The van der Waals surface area contributed by atoms with Crippen LogP contribution in [-0.4, -0.2) is 88.0 Å². The second kappa shape index (κ2) is 10.1. The van der Waals surface area contributed by atoms with Gasteiger partial charge in [-0.2, -0.15) is 0 Å². The van der Waals surface area contributed by atoms with Gasteiger partial charge in [-0.1, -0.05) is 19.1 Å². The van der Waals surface area contributed by atoms with Gasteiger partial charge < -0.3 is 35.0 Å². The van der Waals surface area contributed by atoms with Gasteiger partial charge in [0, 0.05) is 0 Å². The lowest BCUT2D eigenvalue weighted by Gasteiger charge is -2.49. The molecular formula is C22H39N3O7S. The first-order valence-electron chi connectivity index (χ1n) is 11.5. The molecule has 190 valence electrons. The molecule has 10 nitrogen and oxygen atoms in total. The molecule has 3 rings (SSSR count). The Labute approximate surface area is 199 Å². The molecule has 1 aromatic rings. The van der Waals surface area contributed by atoms with Crippen LogP contribution in [0.2, 0.25) is 0 Å². The van der Waals surface area contributed by atoms with Gasteiger partial charge >= 0.3 is 0 Å². The summed E-state index contributed by atoms with van der Waals surface area (Å²) in [7, 11) is 0. The lowest BCUT2D eigenvalue weighted by atomic mass is 9.79. The summed E-state index contributed by atoms with van der Waals surface area (Å²) in [6, 6.07) is 0. The van der Waals surface area contributed by atoms with Crippen LogP contribution >= 0.6 is 11.8 Å². The van der Waals surface area contributed by atoms with Gasteiger partial charge in [0.25, 0.3) is 0 Å². The van der Waals surface area contributed by atoms with E-state index in [4.69, 9.17) is 9.47 Å². The second-order valence-corrected chi connectivity index (χ2v) is 12.0. The summed E-state index contributed by atoms with van der Waals surface area (Å²) in [4.78, 5) is 0. The number of rotatable bonds is 12. The van der Waals surface area contributed by atoms with Crippen molar-refractivity contribution >= 4 is 11.8 Å². The Morgan fingerprint density at radius 1 is 1.27 bits per heavy atom. The fourth-order valence-corrected chi connectivity index (χ4v) is 6.74. The molecule has 1 aromatic heterocycles. The number of thioether (sulfide) groups is 1. The van der Waals surface area contributed by atoms with E-state index in [9.17, 15) is 25.5 Å². The van der Waals surface area contributed by atoms with E-state index in [1.54, 1.807) is 17.8 Å². The van der Waals surface area contributed by atoms with Crippen LogP contribution in [-0.2, 0) is 22.6 Å². The van der Waals surface area contributed by atoms with Gasteiger partial charge in [-0.15, -0.1) is 16.9 Å². The van der Waals surface area contributed by atoms with Crippen molar-refractivity contribution in [2.45, 2.75) is 95.7 Å². The van der Waals surface area contributed by atoms with Crippen LogP contribution in [0.1, 0.15) is 53.2 Å². The molecule has 5 N–H and O–H groups in total. The van der Waals surface area contributed by atoms with Crippen molar-refractivity contribution in [3.05, 3.63) is 11.9 Å². The fourth-order valence-electron chi connectivity index (χ4n) is 5.05. The second-order valence-electron chi connectivity index (χ2n) is 10.8. The average molecular weight is 490 g/mol. The largest absolute Gasteiger partial charge is 0.396 e. The molecule has 0 bridgehead atoms. The van der Waals surface area contributed by atoms with Crippen LogP contribution in [0.15, 0.2) is 6.20 Å². The number of hydrogen-bond acceptors (Lipinski definition) is 10. The third-order valence-corrected chi connectivity index (χ3v) is 7.71. The minimum Gasteiger partial charge on any atom is -0.396 e. The first kappa shape index (κ1) is 26.8. The van der Waals surface area contributed by atoms with E-state index in [0.717, 1.165) is 18.6 Å². The summed E-state index contributed by atoms with van der Waals surface area (Å²) in [5, 5.41) is 57.9. The maximum atomic E-state index is 10.6. The van der Waals surface area contributed by atoms with Crippen LogP contribution in [0.3, 0.4) is 0 Å². The van der Waals surface area contributed by atoms with E-state index >= 15 is 0 Å². The number of ether oxygens (including phenoxy) is 2. The molecule has 0 spiro atoms. The number of nitrogens with zero attached hydrogens (tertiary/aromatic N) is 3. The minimum absolute atomic E-state index is 0.0398. The Morgan fingerprint density at radius 2 is 1.97 bits per heavy atom. The minimum atomic E-state index is -1.66. The van der Waals surface area contributed by atoms with Crippen molar-refractivity contribution in [1.29, 1.82) is 0 Å². The van der Waals surface area contributed by atoms with Gasteiger partial charge in [-0.3, -0.25) is 0 Å². The highest BCUT2D eigenvalue weighted by molar-refractivity contribution is 7.99. The molecule has 0 radical (unpaired) electrons. The maximum Gasteiger partial charge on any atom is 0.183 e. The molecule has 33 heavy (non-hydrogen) atoms. The van der Waals surface area contributed by atoms with Crippen LogP contribution < -0.4 is 0 Å². The number of fused-ring (bicyclic) bond motifs is 1. The maximum absolute atomic E-state index is 10.6. The molecule has 2 heterocycles. The average Bonchev–Trinajstić information content (AvgIpc) is 3.16. The molecule has 7 atom stereocenters. The highest BCUT2D eigenvalue weighted by atomic mass is 32.2. The zero-order valence-electron chi connectivity index (χ0n) is 20.1. The smallest absolute Gasteiger partial charge is 0.183 e. The lowest BCUT2D eigenvalue weighted by molar-refractivity contribution is -0.355. The summed E-state index contributed by atoms with van der Waals surface area (Å²) < 4.78 is 13.3. The molecule has 1 saturated carbocycles. The number of aromatic nitrogens is 3. The van der Waals surface area contributed by atoms with E-state index in [-0.39, 0.29) is 5.41 Å². The molecule has 0 aromatic carbocycles. The van der Waals surface area contributed by atoms with Crippen LogP contribution in [0, 0.1) is 17.3 Å². The lowest BCUT2D eigenvalue weighted by Crippen LogP contribution is -2.61. The molecule has 11 heteroatoms. The van der Waals surface area contributed by atoms with Crippen molar-refractivity contribution in [3.63, 3.8) is 0 Å². The monoisotopic (exact) mass is 489 g/mol. The molecule has 2 aliphatic rings. The molecule has 7 unspecified atom stereocenters. The van der Waals surface area contributed by atoms with E-state index in [2.05, 4.69) is 24.2 Å². The Balaban J connectivity index is 1.43. The quantitative estimate of drug-likeness (QED) is 0.281. The number of aliphatic hydroxyl groups excluding tert-OH is 4. The molecule has 2 fully saturated rings. The number of aliphatic hydroxyl groups is 5. The van der Waals surface area contributed by atoms with Gasteiger partial charge in [0.15, 0.2) is 5.79 Å². The summed E-state index contributed by atoms with van der Waals surface area (Å²) in [6.07, 6.45) is 0.640. The van der Waals surface area contributed by atoms with Gasteiger partial charge in [0.2, 0.25) is 0 Å². The molecule has 1 aliphatic carbocycles. The molecule has 1 saturated heterocycles. The Bertz CT molecular complexity index is 790. The van der Waals surface area contributed by atoms with Crippen molar-refractivity contribution in [2.75, 3.05) is 12.4 Å². The standard InChI is InChI=1S/C22H39N3O7S/c1-13(27)8-25-9-14(23-24-25)11-31-21(4,5)12-20(2,3)6-7-33-19-16-18(29)17(28)15(10-26)22(16,30)32-19/h9,13,15-19,26-30H,6-8,10-12H2,1-5H3. The molecule has 0 amide bonds. The first-order chi connectivity index (χ1) is 15.3. The van der Waals surface area contributed by atoms with E-state index in [1.807, 2.05) is 13.8 Å². The van der Waals surface area contributed by atoms with Gasteiger partial charge in [0.1, 0.15) is 11.1 Å². The van der Waals surface area contributed by atoms with Crippen molar-refractivity contribution in [3.8, 4) is 0 Å². The first-order valence-corrected chi connectivity index (χ1v) is 12.5. The van der Waals surface area contributed by atoms with Crippen molar-refractivity contribution < 1.29 is 35.0 Å². The molecular weight excluding hydrogens is 450 g/mol. The van der Waals surface area contributed by atoms with Gasteiger partial charge in [-0.05, 0) is 44.8 Å². The third-order valence-electron chi connectivity index (χ3n) is 6.55. The van der Waals surface area contributed by atoms with Gasteiger partial charge in [0.05, 0.1) is 61.7 Å². The third kappa shape index (κ3) is 6.07. The SMILES string of the molecule is CC(O)Cn1cc(COC(C)(C)CC(C)(C)CCSC2OC3(O)C(CO)C(O)C(O)C23)nn1. The summed E-state index contributed by atoms with van der Waals surface area (Å²) >= 11 is 1.51. The fraction of sp³-hybridized carbons (Fsp3) is 0.909. The highest BCUT2D eigenvalue weighted by Gasteiger charge is 2.70. The highest BCUT2D eigenvalue weighted by Crippen LogP contribution is 2.56. The Morgan fingerprint density at radius 3 is 2.61 bits per heavy atom. The van der Waals surface area contributed by atoms with Crippen LogP contribution in [0.4, 0.5) is 0 Å². The zero-order valence-corrected chi connectivity index (χ0v) is 20.9. The zero-order chi connectivity index (χ0) is 24.6. The van der Waals surface area contributed by atoms with Crippen molar-refractivity contribution in [1.82, 2.24) is 15.0 Å². The summed E-state index contributed by atoms with van der Waals surface area (Å²) in [5.41, 5.74) is -0.136. The van der Waals surface area contributed by atoms with Crippen LogP contribution in [0.5, 0.6) is 0 Å². The number of hydrogen-bond donors (Lipinski definition) is 5. The Hall–Kier alpha value is -0.790. The predicted octanol–water partition coefficient (Wildman–Crippen LogP) is 0.499. The molecule has 1 aliphatic heterocycles. The van der Waals surface area contributed by atoms with Gasteiger partial charge in [-0.25, -0.2) is 4.68 Å². The van der Waals surface area contributed by atoms with E-state index in [1.165, 1.54) is 11.8 Å². The summed E-state index contributed by atoms with van der Waals surface area (Å²) in [6.45, 7) is 10.4. The van der Waals surface area contributed by atoms with Crippen molar-refractivity contribution in [2.24, 2.45) is 17.3 Å².